The Hall–Kier alpha value is -12.4. The molecular formula is C96H120N20O17. The quantitative estimate of drug-likeness (QED) is 0.0300. The summed E-state index contributed by atoms with van der Waals surface area (Å²) in [5.41, 5.74) is 21.0. The maximum atomic E-state index is 14.8. The first-order chi connectivity index (χ1) is 64.0. The number of aliphatic hydroxyl groups is 3. The second-order valence-corrected chi connectivity index (χ2v) is 36.6. The van der Waals surface area contributed by atoms with E-state index in [0.717, 1.165) is 32.7 Å². The smallest absolute Gasteiger partial charge is 0.407 e. The molecule has 2 aromatic carbocycles. The summed E-state index contributed by atoms with van der Waals surface area (Å²) in [7, 11) is 3.10. The summed E-state index contributed by atoms with van der Waals surface area (Å²) >= 11 is 0. The van der Waals surface area contributed by atoms with E-state index in [-0.39, 0.29) is 73.4 Å². The molecular weight excluding hydrogens is 1710 g/mol. The third-order valence-corrected chi connectivity index (χ3v) is 27.2. The molecule has 0 radical (unpaired) electrons. The van der Waals surface area contributed by atoms with Gasteiger partial charge in [-0.05, 0) is 148 Å². The molecule has 1 aliphatic carbocycles. The van der Waals surface area contributed by atoms with Gasteiger partial charge in [0.25, 0.3) is 29.5 Å². The number of nitrogens with two attached hydrogens (primary N) is 2. The van der Waals surface area contributed by atoms with Gasteiger partial charge >= 0.3 is 12.1 Å². The van der Waals surface area contributed by atoms with Crippen LogP contribution in [0.3, 0.4) is 0 Å². The minimum absolute atomic E-state index is 0.0193. The van der Waals surface area contributed by atoms with E-state index in [9.17, 15) is 53.7 Å². The number of hydrogen-bond donors (Lipinski definition) is 6. The molecule has 706 valence electrons. The highest BCUT2D eigenvalue weighted by molar-refractivity contribution is 6.39. The molecule has 2 bridgehead atoms. The van der Waals surface area contributed by atoms with Gasteiger partial charge in [0.05, 0.1) is 41.4 Å². The van der Waals surface area contributed by atoms with Crippen molar-refractivity contribution in [3.05, 3.63) is 161 Å². The van der Waals surface area contributed by atoms with E-state index in [1.807, 2.05) is 88.7 Å². The number of nitrogen functional groups attached to an aromatic ring is 2. The molecule has 6 aliphatic heterocycles. The predicted octanol–water partition coefficient (Wildman–Crippen LogP) is 8.48. The van der Waals surface area contributed by atoms with Crippen molar-refractivity contribution in [2.24, 2.45) is 35.5 Å². The minimum atomic E-state index is -2.50. The number of methoxy groups -OCH3 is 2. The number of amides is 4. The number of fused-ring (bicyclic) bond motifs is 6. The van der Waals surface area contributed by atoms with Crippen molar-refractivity contribution in [3.8, 4) is 11.3 Å². The Morgan fingerprint density at radius 1 is 0.677 bits per heavy atom. The number of benzene rings is 2. The Kier molecular flexibility index (Phi) is 30.2. The van der Waals surface area contributed by atoms with Gasteiger partial charge in [-0.1, -0.05) is 89.3 Å². The molecule has 0 unspecified atom stereocenters. The van der Waals surface area contributed by atoms with E-state index < -0.39 is 108 Å². The number of ketones is 3. The summed E-state index contributed by atoms with van der Waals surface area (Å²) in [6.45, 7) is 17.7. The topological polar surface area (TPSA) is 474 Å². The van der Waals surface area contributed by atoms with Crippen molar-refractivity contribution in [2.45, 2.75) is 206 Å². The number of aliphatic hydroxyl groups excluding tert-OH is 2. The van der Waals surface area contributed by atoms with Gasteiger partial charge in [-0.15, -0.1) is 0 Å². The van der Waals surface area contributed by atoms with Gasteiger partial charge in [0.2, 0.25) is 23.6 Å². The van der Waals surface area contributed by atoms with Crippen LogP contribution in [0.1, 0.15) is 168 Å². The van der Waals surface area contributed by atoms with Crippen molar-refractivity contribution in [2.75, 3.05) is 106 Å². The number of nitrogens with zero attached hydrogens (tertiary/aromatic N) is 17. The van der Waals surface area contributed by atoms with Crippen molar-refractivity contribution < 1.29 is 81.8 Å². The number of carbonyl (C=O) groups excluding carboxylic acids is 8. The largest absolute Gasteiger partial charge is 0.460 e. The number of esters is 1. The van der Waals surface area contributed by atoms with E-state index in [0.29, 0.717) is 204 Å². The van der Waals surface area contributed by atoms with Crippen molar-refractivity contribution in [1.82, 2.24) is 74.7 Å². The number of Topliss-reactive ketones (excluding diaryl/α,β-unsaturated/α-hetero) is 3. The average molecular weight is 1830 g/mol. The molecule has 15 atom stereocenters. The standard InChI is InChI=1S/C96H120N20O17/c1-55-15-11-10-12-16-56(2)76(128-8)43-70-23-18-61(7)96(127,133-70)84(121)89(124)115-27-14-13-17-72(115)90(125)130-77(44-73(117)57(3)38-60(6)82(119)83(120)81(118)59(5)37-55)58(4)39-62-20-24-75(78(41-62)129-9)132-95(126)105-47-64-45-99-92(100-46-64)112-33-35-113(36-34-112)94-101-48-68(49-102-94)87(122)110-29-31-111(32-30-110)93-103-50-69(51-104-93)88(123)114-28-26-65-40-63(19-21-67(65)53-114)52-116-86-79(85(97)106-54-107-86)80(109-116)66-22-25-74-71(42-66)108-91(98)131-74/h10-12,15-16,19,21-22,25,38,40,42,45-46,48-51,54-55,57-59,61-62,70,72,75-78,82-83,119-120,127H,13-14,17-18,20,23-24,26-37,39,41,43-44,47,52-53H2,1-9H3,(H2,98,108)(H,105,126)(H2,97,106,107)/b12-10+,15-11+,56-16+,60-38+/t55-,57-,58-,59-,61-,62+,70+,72+,75-,76+,77+,78-,82-,83+,96-/m1/s1. The van der Waals surface area contributed by atoms with E-state index in [1.54, 1.807) is 88.0 Å². The number of aromatic nitrogens is 11. The summed E-state index contributed by atoms with van der Waals surface area (Å²) < 4.78 is 37.8. The Labute approximate surface area is 771 Å². The second kappa shape index (κ2) is 42.2. The Morgan fingerprint density at radius 3 is 2.04 bits per heavy atom. The van der Waals surface area contributed by atoms with Gasteiger partial charge in [-0.2, -0.15) is 10.1 Å². The zero-order valence-electron chi connectivity index (χ0n) is 76.8. The van der Waals surface area contributed by atoms with Crippen LogP contribution in [0.4, 0.5) is 34.5 Å². The number of allylic oxidation sites excluding steroid dienone is 6. The highest BCUT2D eigenvalue weighted by atomic mass is 16.6. The summed E-state index contributed by atoms with van der Waals surface area (Å²) in [5.74, 6) is -8.03. The Balaban J connectivity index is 0.497. The number of rotatable bonds is 16. The third-order valence-electron chi connectivity index (χ3n) is 27.2. The normalized spacial score (nSPS) is 27.6. The summed E-state index contributed by atoms with van der Waals surface area (Å²) in [5, 5.41) is 43.2. The number of cyclic esters (lactones) is 1. The van der Waals surface area contributed by atoms with Gasteiger partial charge in [-0.25, -0.2) is 54.1 Å². The van der Waals surface area contributed by atoms with Gasteiger partial charge in [0.1, 0.15) is 59.6 Å². The molecule has 15 rings (SSSR count). The molecule has 4 saturated heterocycles. The van der Waals surface area contributed by atoms with Gasteiger partial charge in [-0.3, -0.25) is 28.8 Å². The van der Waals surface area contributed by atoms with Crippen molar-refractivity contribution in [1.29, 1.82) is 0 Å². The fourth-order valence-electron chi connectivity index (χ4n) is 19.2. The van der Waals surface area contributed by atoms with E-state index in [2.05, 4.69) is 62.3 Å². The number of oxazole rings is 1. The molecule has 12 heterocycles. The van der Waals surface area contributed by atoms with Crippen LogP contribution in [-0.4, -0.2) is 266 Å². The fraction of sp³-hybridized carbons (Fsp3) is 0.521. The molecule has 8 aromatic rings. The maximum Gasteiger partial charge on any atom is 0.407 e. The first-order valence-electron chi connectivity index (χ1n) is 46.1. The molecule has 133 heavy (non-hydrogen) atoms. The van der Waals surface area contributed by atoms with Gasteiger partial charge < -0.3 is 89.6 Å². The molecule has 6 aromatic heterocycles. The molecule has 7 aliphatic rings. The summed E-state index contributed by atoms with van der Waals surface area (Å²) in [6.07, 6.45) is 19.2. The van der Waals surface area contributed by atoms with Crippen LogP contribution in [0.5, 0.6) is 0 Å². The SMILES string of the molecule is CO[C@H]1C[C@@H]2CC[C@@H](C)[C@@](O)(O2)C(=O)C(=O)N2CCCC[C@H]2C(=O)O[C@H]([C@H](C)C[C@@H]2CC[C@@H](OC(=O)NCc3cnc(N4CCN(c5ncc(C(=O)N6CCN(c7ncc(C(=O)N8CCc9cc(Cn%10nc(-c%11ccc%12oc(N)nc%12c%11)c%11c(N)ncnc%11%10)ccc9C8)cn7)CC6)cn5)CC4)nc3)[C@H](OC)C2)CC(=O)[C@H](C)/C=C(\C)[C@@H](O)[C@@H](O)C(=O)[C@H](C)C[C@H](C)/C=C/C=C/C=C/1C. The molecule has 5 fully saturated rings. The number of piperidine rings is 1. The van der Waals surface area contributed by atoms with Crippen molar-refractivity contribution >= 4 is 98.9 Å². The van der Waals surface area contributed by atoms with Crippen LogP contribution in [0.25, 0.3) is 33.4 Å². The zero-order valence-corrected chi connectivity index (χ0v) is 76.8. The van der Waals surface area contributed by atoms with Crippen LogP contribution >= 0.6 is 0 Å². The van der Waals surface area contributed by atoms with Crippen molar-refractivity contribution in [3.63, 3.8) is 0 Å². The maximum absolute atomic E-state index is 14.8. The molecule has 37 nitrogen and oxygen atoms in total. The monoisotopic (exact) mass is 1820 g/mol. The van der Waals surface area contributed by atoms with Crippen LogP contribution in [0.15, 0.2) is 132 Å². The average Bonchev–Trinajstić information content (AvgIpc) is 1.75. The number of anilines is 5. The minimum Gasteiger partial charge on any atom is -0.460 e. The van der Waals surface area contributed by atoms with E-state index >= 15 is 0 Å². The van der Waals surface area contributed by atoms with E-state index in [4.69, 9.17) is 44.7 Å². The highest BCUT2D eigenvalue weighted by Crippen LogP contribution is 2.40. The number of carbonyl (C=O) groups is 8. The predicted molar refractivity (Wildman–Crippen MR) is 491 cm³/mol. The third kappa shape index (κ3) is 22.1. The molecule has 1 saturated carbocycles. The van der Waals surface area contributed by atoms with Gasteiger partial charge in [0.15, 0.2) is 17.0 Å². The molecule has 4 amide bonds. The van der Waals surface area contributed by atoms with Crippen LogP contribution < -0.4 is 31.5 Å². The molecule has 37 heteroatoms. The number of nitrogens with one attached hydrogen (secondary N) is 1. The van der Waals surface area contributed by atoms with Crippen LogP contribution in [0.2, 0.25) is 0 Å². The fourth-order valence-corrected chi connectivity index (χ4v) is 19.2. The Bertz CT molecular complexity index is 5680. The first-order valence-corrected chi connectivity index (χ1v) is 46.1. The number of ether oxygens (including phenoxy) is 5. The zero-order chi connectivity index (χ0) is 94.1. The number of hydrogen-bond acceptors (Lipinski definition) is 32. The summed E-state index contributed by atoms with van der Waals surface area (Å²) in [4.78, 5) is 165. The van der Waals surface area contributed by atoms with Gasteiger partial charge in [0, 0.05) is 172 Å². The Morgan fingerprint density at radius 2 is 1.35 bits per heavy atom. The summed E-state index contributed by atoms with van der Waals surface area (Å²) in [6, 6.07) is 10.6. The second-order valence-electron chi connectivity index (χ2n) is 36.6. The van der Waals surface area contributed by atoms with Crippen LogP contribution in [-0.2, 0) is 73.7 Å². The van der Waals surface area contributed by atoms with E-state index in [1.165, 1.54) is 19.3 Å². The molecule has 0 spiro atoms. The molecule has 8 N–H and O–H groups in total. The van der Waals surface area contributed by atoms with Crippen LogP contribution in [0, 0.1) is 35.5 Å². The lowest BCUT2D eigenvalue weighted by atomic mass is 9.78. The lowest BCUT2D eigenvalue weighted by Crippen LogP contribution is -2.61. The highest BCUT2D eigenvalue weighted by Gasteiger charge is 2.53. The lowest BCUT2D eigenvalue weighted by Gasteiger charge is -2.42. The number of piperazine rings is 2. The first kappa shape index (κ1) is 95.2. The lowest BCUT2D eigenvalue weighted by molar-refractivity contribution is -0.265. The number of alkyl carbamates (subject to hydrolysis) is 1.